The van der Waals surface area contributed by atoms with Gasteiger partial charge in [0.25, 0.3) is 0 Å². The number of benzene rings is 1. The van der Waals surface area contributed by atoms with E-state index < -0.39 is 12.0 Å². The van der Waals surface area contributed by atoms with Crippen molar-refractivity contribution in [3.63, 3.8) is 0 Å². The molecule has 1 rings (SSSR count). The van der Waals surface area contributed by atoms with E-state index in [0.717, 1.165) is 0 Å². The number of nitrogens with one attached hydrogen (secondary N) is 1. The van der Waals surface area contributed by atoms with Crippen LogP contribution in [0, 0.1) is 0 Å². The molecule has 0 radical (unpaired) electrons. The van der Waals surface area contributed by atoms with Gasteiger partial charge in [0, 0.05) is 5.02 Å². The van der Waals surface area contributed by atoms with Crippen molar-refractivity contribution in [1.82, 2.24) is 0 Å². The standard InChI is InChI=1S/C11H13ClN2O4/c1-2-17-10(15)6-18-9-4-3-7(12)5-8(9)14-11(13)16/h3-5H,2,6H2,1H3,(H3,13,14,16). The Balaban J connectivity index is 2.74. The Morgan fingerprint density at radius 3 is 2.78 bits per heavy atom. The summed E-state index contributed by atoms with van der Waals surface area (Å²) in [5, 5.41) is 2.75. The van der Waals surface area contributed by atoms with Gasteiger partial charge in [-0.05, 0) is 25.1 Å². The third-order valence-electron chi connectivity index (χ3n) is 1.85. The van der Waals surface area contributed by atoms with Crippen LogP contribution >= 0.6 is 11.6 Å². The molecule has 0 unspecified atom stereocenters. The molecule has 0 aliphatic heterocycles. The summed E-state index contributed by atoms with van der Waals surface area (Å²) in [4.78, 5) is 21.9. The van der Waals surface area contributed by atoms with Crippen LogP contribution in [0.15, 0.2) is 18.2 Å². The summed E-state index contributed by atoms with van der Waals surface area (Å²) in [5.41, 5.74) is 5.30. The number of rotatable bonds is 5. The maximum atomic E-state index is 11.1. The Bertz CT molecular complexity index is 451. The lowest BCUT2D eigenvalue weighted by Gasteiger charge is -2.11. The first-order chi connectivity index (χ1) is 8.52. The number of carbonyl (C=O) groups excluding carboxylic acids is 2. The minimum absolute atomic E-state index is 0.261. The molecule has 0 heterocycles. The summed E-state index contributed by atoms with van der Waals surface area (Å²) in [6.45, 7) is 1.71. The molecule has 0 spiro atoms. The second kappa shape index (κ2) is 6.70. The number of amides is 2. The zero-order valence-corrected chi connectivity index (χ0v) is 10.5. The van der Waals surface area contributed by atoms with Crippen molar-refractivity contribution in [2.75, 3.05) is 18.5 Å². The maximum absolute atomic E-state index is 11.1. The van der Waals surface area contributed by atoms with Crippen LogP contribution in [0.2, 0.25) is 5.02 Å². The van der Waals surface area contributed by atoms with Gasteiger partial charge < -0.3 is 20.5 Å². The largest absolute Gasteiger partial charge is 0.480 e. The van der Waals surface area contributed by atoms with Crippen molar-refractivity contribution in [2.24, 2.45) is 5.73 Å². The molecule has 0 atom stereocenters. The van der Waals surface area contributed by atoms with Gasteiger partial charge in [0.2, 0.25) is 0 Å². The second-order valence-electron chi connectivity index (χ2n) is 3.22. The van der Waals surface area contributed by atoms with Crippen LogP contribution in [0.4, 0.5) is 10.5 Å². The summed E-state index contributed by atoms with van der Waals surface area (Å²) < 4.78 is 9.91. The Hall–Kier alpha value is -1.95. The van der Waals surface area contributed by atoms with Crippen molar-refractivity contribution in [2.45, 2.75) is 6.92 Å². The number of anilines is 1. The molecule has 1 aromatic rings. The highest BCUT2D eigenvalue weighted by molar-refractivity contribution is 6.31. The molecule has 0 aliphatic rings. The molecule has 2 amide bonds. The van der Waals surface area contributed by atoms with E-state index in [9.17, 15) is 9.59 Å². The van der Waals surface area contributed by atoms with E-state index in [1.165, 1.54) is 12.1 Å². The Labute approximate surface area is 109 Å². The molecule has 1 aromatic carbocycles. The second-order valence-corrected chi connectivity index (χ2v) is 3.66. The average molecular weight is 273 g/mol. The quantitative estimate of drug-likeness (QED) is 0.799. The van der Waals surface area contributed by atoms with Crippen LogP contribution in [0.1, 0.15) is 6.92 Å². The van der Waals surface area contributed by atoms with Crippen molar-refractivity contribution < 1.29 is 19.1 Å². The summed E-state index contributed by atoms with van der Waals surface area (Å²) in [6.07, 6.45) is 0. The highest BCUT2D eigenvalue weighted by Crippen LogP contribution is 2.27. The Morgan fingerprint density at radius 1 is 1.44 bits per heavy atom. The lowest BCUT2D eigenvalue weighted by Crippen LogP contribution is -2.20. The summed E-state index contributed by atoms with van der Waals surface area (Å²) in [5.74, 6) is -0.219. The van der Waals surface area contributed by atoms with E-state index >= 15 is 0 Å². The number of hydrogen-bond donors (Lipinski definition) is 2. The fraction of sp³-hybridized carbons (Fsp3) is 0.273. The number of hydrogen-bond acceptors (Lipinski definition) is 4. The highest BCUT2D eigenvalue weighted by atomic mass is 35.5. The molecule has 18 heavy (non-hydrogen) atoms. The first-order valence-electron chi connectivity index (χ1n) is 5.17. The number of esters is 1. The van der Waals surface area contributed by atoms with Crippen molar-refractivity contribution >= 4 is 29.3 Å². The van der Waals surface area contributed by atoms with Crippen LogP contribution in [0.5, 0.6) is 5.75 Å². The minimum Gasteiger partial charge on any atom is -0.480 e. The van der Waals surface area contributed by atoms with Gasteiger partial charge in [0.1, 0.15) is 5.75 Å². The number of urea groups is 1. The first-order valence-corrected chi connectivity index (χ1v) is 5.55. The van der Waals surface area contributed by atoms with Gasteiger partial charge in [-0.25, -0.2) is 9.59 Å². The van der Waals surface area contributed by atoms with Gasteiger partial charge in [-0.2, -0.15) is 0 Å². The third-order valence-corrected chi connectivity index (χ3v) is 2.09. The number of carbonyl (C=O) groups is 2. The number of ether oxygens (including phenoxy) is 2. The molecule has 0 aliphatic carbocycles. The van der Waals surface area contributed by atoms with Gasteiger partial charge in [-0.3, -0.25) is 0 Å². The van der Waals surface area contributed by atoms with Crippen molar-refractivity contribution in [3.8, 4) is 5.75 Å². The van der Waals surface area contributed by atoms with Gasteiger partial charge in [-0.1, -0.05) is 11.6 Å². The molecule has 0 bridgehead atoms. The monoisotopic (exact) mass is 272 g/mol. The van der Waals surface area contributed by atoms with E-state index in [2.05, 4.69) is 5.32 Å². The normalized spacial score (nSPS) is 9.67. The van der Waals surface area contributed by atoms with Crippen molar-refractivity contribution in [3.05, 3.63) is 23.2 Å². The first kappa shape index (κ1) is 14.1. The molecule has 0 fully saturated rings. The number of halogens is 1. The van der Waals surface area contributed by atoms with Crippen LogP contribution in [-0.2, 0) is 9.53 Å². The van der Waals surface area contributed by atoms with Gasteiger partial charge in [0.15, 0.2) is 6.61 Å². The molecular formula is C11H13ClN2O4. The fourth-order valence-corrected chi connectivity index (χ4v) is 1.37. The fourth-order valence-electron chi connectivity index (χ4n) is 1.20. The molecule has 0 aromatic heterocycles. The topological polar surface area (TPSA) is 90.7 Å². The predicted molar refractivity (Wildman–Crippen MR) is 66.8 cm³/mol. The Morgan fingerprint density at radius 2 is 2.17 bits per heavy atom. The van der Waals surface area contributed by atoms with E-state index in [0.29, 0.717) is 10.7 Å². The van der Waals surface area contributed by atoms with E-state index in [-0.39, 0.29) is 19.0 Å². The smallest absolute Gasteiger partial charge is 0.344 e. The van der Waals surface area contributed by atoms with Crippen LogP contribution in [0.25, 0.3) is 0 Å². The predicted octanol–water partition coefficient (Wildman–Crippen LogP) is 1.77. The van der Waals surface area contributed by atoms with E-state index in [1.54, 1.807) is 13.0 Å². The summed E-state index contributed by atoms with van der Waals surface area (Å²) in [7, 11) is 0. The van der Waals surface area contributed by atoms with E-state index in [1.807, 2.05) is 0 Å². The maximum Gasteiger partial charge on any atom is 0.344 e. The van der Waals surface area contributed by atoms with Gasteiger partial charge >= 0.3 is 12.0 Å². The zero-order chi connectivity index (χ0) is 13.5. The molecule has 0 saturated heterocycles. The van der Waals surface area contributed by atoms with Crippen LogP contribution in [-0.4, -0.2) is 25.2 Å². The molecule has 3 N–H and O–H groups in total. The lowest BCUT2D eigenvalue weighted by atomic mass is 10.3. The zero-order valence-electron chi connectivity index (χ0n) is 9.73. The van der Waals surface area contributed by atoms with Crippen LogP contribution < -0.4 is 15.8 Å². The summed E-state index contributed by atoms with van der Waals surface area (Å²) in [6, 6.07) is 3.80. The molecule has 6 nitrogen and oxygen atoms in total. The van der Waals surface area contributed by atoms with Gasteiger partial charge in [0.05, 0.1) is 12.3 Å². The molecule has 0 saturated carbocycles. The number of primary amides is 1. The van der Waals surface area contributed by atoms with E-state index in [4.69, 9.17) is 26.8 Å². The highest BCUT2D eigenvalue weighted by Gasteiger charge is 2.09. The average Bonchev–Trinajstić information content (AvgIpc) is 2.27. The summed E-state index contributed by atoms with van der Waals surface area (Å²) >= 11 is 5.77. The SMILES string of the molecule is CCOC(=O)COc1ccc(Cl)cc1NC(N)=O. The number of nitrogens with two attached hydrogens (primary N) is 1. The molecule has 7 heteroatoms. The van der Waals surface area contributed by atoms with Crippen molar-refractivity contribution in [1.29, 1.82) is 0 Å². The third kappa shape index (κ3) is 4.50. The van der Waals surface area contributed by atoms with Gasteiger partial charge in [-0.15, -0.1) is 0 Å². The lowest BCUT2D eigenvalue weighted by molar-refractivity contribution is -0.145. The Kier molecular flexibility index (Phi) is 5.26. The minimum atomic E-state index is -0.752. The molecule has 98 valence electrons. The molecular weight excluding hydrogens is 260 g/mol. The van der Waals surface area contributed by atoms with Crippen LogP contribution in [0.3, 0.4) is 0 Å².